The molecule has 2 unspecified atom stereocenters. The fraction of sp³-hybridized carbons (Fsp3) is 0.368. The van der Waals surface area contributed by atoms with E-state index in [4.69, 9.17) is 9.47 Å². The summed E-state index contributed by atoms with van der Waals surface area (Å²) < 4.78 is 11.1. The van der Waals surface area contributed by atoms with Crippen molar-refractivity contribution in [2.75, 3.05) is 18.5 Å². The first-order chi connectivity index (χ1) is 12.1. The van der Waals surface area contributed by atoms with Gasteiger partial charge in [-0.2, -0.15) is 0 Å². The Balaban J connectivity index is 1.58. The van der Waals surface area contributed by atoms with Crippen LogP contribution in [0.15, 0.2) is 42.7 Å². The summed E-state index contributed by atoms with van der Waals surface area (Å²) in [6.07, 6.45) is 4.35. The molecule has 132 valence electrons. The number of aryl methyl sites for hydroxylation is 1. The minimum absolute atomic E-state index is 0.0807. The van der Waals surface area contributed by atoms with Crippen LogP contribution in [0.2, 0.25) is 0 Å². The number of urea groups is 1. The maximum Gasteiger partial charge on any atom is 0.319 e. The maximum absolute atomic E-state index is 12.2. The Bertz CT molecular complexity index is 715. The van der Waals surface area contributed by atoms with Crippen molar-refractivity contribution in [3.63, 3.8) is 0 Å². The van der Waals surface area contributed by atoms with Gasteiger partial charge in [-0.3, -0.25) is 4.98 Å². The van der Waals surface area contributed by atoms with Crippen LogP contribution in [0.25, 0.3) is 0 Å². The van der Waals surface area contributed by atoms with E-state index in [1.54, 1.807) is 24.5 Å². The Morgan fingerprint density at radius 1 is 1.28 bits per heavy atom. The van der Waals surface area contributed by atoms with Crippen molar-refractivity contribution in [2.45, 2.75) is 26.3 Å². The van der Waals surface area contributed by atoms with Crippen LogP contribution in [0.4, 0.5) is 10.5 Å². The Morgan fingerprint density at radius 3 is 2.76 bits per heavy atom. The zero-order valence-electron chi connectivity index (χ0n) is 14.5. The summed E-state index contributed by atoms with van der Waals surface area (Å²) in [6, 6.07) is 9.03. The first-order valence-electron chi connectivity index (χ1n) is 8.45. The van der Waals surface area contributed by atoms with Gasteiger partial charge < -0.3 is 20.1 Å². The smallest absolute Gasteiger partial charge is 0.319 e. The van der Waals surface area contributed by atoms with Crippen LogP contribution >= 0.6 is 0 Å². The van der Waals surface area contributed by atoms with E-state index in [9.17, 15) is 4.79 Å². The van der Waals surface area contributed by atoms with Gasteiger partial charge in [0, 0.05) is 36.6 Å². The van der Waals surface area contributed by atoms with Gasteiger partial charge in [0.1, 0.15) is 11.5 Å². The van der Waals surface area contributed by atoms with E-state index in [0.29, 0.717) is 18.3 Å². The topological polar surface area (TPSA) is 72.5 Å². The monoisotopic (exact) mass is 341 g/mol. The van der Waals surface area contributed by atoms with Crippen LogP contribution in [0.3, 0.4) is 0 Å². The second-order valence-corrected chi connectivity index (χ2v) is 6.27. The summed E-state index contributed by atoms with van der Waals surface area (Å²) in [5.41, 5.74) is 1.69. The van der Waals surface area contributed by atoms with Crippen molar-refractivity contribution in [1.29, 1.82) is 0 Å². The van der Waals surface area contributed by atoms with Gasteiger partial charge in [-0.1, -0.05) is 0 Å². The van der Waals surface area contributed by atoms with E-state index in [0.717, 1.165) is 30.0 Å². The van der Waals surface area contributed by atoms with Gasteiger partial charge in [-0.15, -0.1) is 0 Å². The number of amides is 2. The molecular formula is C19H23N3O3. The highest BCUT2D eigenvalue weighted by molar-refractivity contribution is 5.90. The lowest BCUT2D eigenvalue weighted by atomic mass is 10.0. The number of rotatable bonds is 5. The summed E-state index contributed by atoms with van der Waals surface area (Å²) in [6.45, 7) is 5.43. The predicted octanol–water partition coefficient (Wildman–Crippen LogP) is 3.73. The Labute approximate surface area is 147 Å². The predicted molar refractivity (Wildman–Crippen MR) is 96.0 cm³/mol. The highest BCUT2D eigenvalue weighted by Crippen LogP contribution is 2.25. The third-order valence-electron chi connectivity index (χ3n) is 4.36. The van der Waals surface area contributed by atoms with Crippen molar-refractivity contribution in [2.24, 2.45) is 5.92 Å². The summed E-state index contributed by atoms with van der Waals surface area (Å²) in [5.74, 6) is 1.81. The van der Waals surface area contributed by atoms with Gasteiger partial charge in [-0.05, 0) is 56.2 Å². The van der Waals surface area contributed by atoms with Gasteiger partial charge in [0.25, 0.3) is 0 Å². The zero-order chi connectivity index (χ0) is 17.6. The number of nitrogens with one attached hydrogen (secondary N) is 2. The molecule has 0 saturated carbocycles. The van der Waals surface area contributed by atoms with E-state index >= 15 is 0 Å². The summed E-state index contributed by atoms with van der Waals surface area (Å²) in [5, 5.41) is 5.88. The molecule has 2 aromatic rings. The molecule has 2 atom stereocenters. The molecule has 0 aliphatic carbocycles. The molecule has 2 amide bonds. The van der Waals surface area contributed by atoms with E-state index in [2.05, 4.69) is 15.6 Å². The molecule has 1 aromatic carbocycles. The number of ether oxygens (including phenoxy) is 2. The minimum atomic E-state index is -0.203. The lowest BCUT2D eigenvalue weighted by Gasteiger charge is -2.20. The van der Waals surface area contributed by atoms with Gasteiger partial charge >= 0.3 is 6.03 Å². The van der Waals surface area contributed by atoms with Gasteiger partial charge in [0.2, 0.25) is 0 Å². The van der Waals surface area contributed by atoms with E-state index in [1.165, 1.54) is 0 Å². The molecule has 2 heterocycles. The SMILES string of the molecule is Cc1cc(Oc2ccncc2)ccc1NC(=O)NC(C)C1CCOC1. The highest BCUT2D eigenvalue weighted by atomic mass is 16.5. The second-order valence-electron chi connectivity index (χ2n) is 6.27. The van der Waals surface area contributed by atoms with Crippen molar-refractivity contribution >= 4 is 11.7 Å². The number of benzene rings is 1. The van der Waals surface area contributed by atoms with Crippen LogP contribution in [0.5, 0.6) is 11.5 Å². The Kier molecular flexibility index (Phi) is 5.50. The molecule has 6 nitrogen and oxygen atoms in total. The average molecular weight is 341 g/mol. The lowest BCUT2D eigenvalue weighted by Crippen LogP contribution is -2.40. The molecule has 25 heavy (non-hydrogen) atoms. The average Bonchev–Trinajstić information content (AvgIpc) is 3.13. The molecule has 1 saturated heterocycles. The number of carbonyl (C=O) groups excluding carboxylic acids is 1. The number of aromatic nitrogens is 1. The fourth-order valence-corrected chi connectivity index (χ4v) is 2.81. The number of nitrogens with zero attached hydrogens (tertiary/aromatic N) is 1. The van der Waals surface area contributed by atoms with Crippen LogP contribution in [-0.2, 0) is 4.74 Å². The highest BCUT2D eigenvalue weighted by Gasteiger charge is 2.23. The number of pyridine rings is 1. The molecule has 0 radical (unpaired) electrons. The minimum Gasteiger partial charge on any atom is -0.457 e. The van der Waals surface area contributed by atoms with Crippen LogP contribution in [-0.4, -0.2) is 30.3 Å². The van der Waals surface area contributed by atoms with Crippen LogP contribution in [0.1, 0.15) is 18.9 Å². The molecule has 3 rings (SSSR count). The Morgan fingerprint density at radius 2 is 2.08 bits per heavy atom. The van der Waals surface area contributed by atoms with Crippen molar-refractivity contribution in [3.05, 3.63) is 48.3 Å². The summed E-state index contributed by atoms with van der Waals surface area (Å²) in [4.78, 5) is 16.2. The standard InChI is InChI=1S/C19H23N3O3/c1-13-11-17(25-16-5-8-20-9-6-16)3-4-18(13)22-19(23)21-14(2)15-7-10-24-12-15/h3-6,8-9,11,14-15H,7,10,12H2,1-2H3,(H2,21,22,23). The molecule has 1 aromatic heterocycles. The summed E-state index contributed by atoms with van der Waals surface area (Å²) >= 11 is 0. The number of carbonyl (C=O) groups is 1. The fourth-order valence-electron chi connectivity index (χ4n) is 2.81. The van der Waals surface area contributed by atoms with Crippen LogP contribution < -0.4 is 15.4 Å². The molecule has 0 bridgehead atoms. The molecule has 1 aliphatic rings. The number of anilines is 1. The quantitative estimate of drug-likeness (QED) is 0.869. The third kappa shape index (κ3) is 4.70. The maximum atomic E-state index is 12.2. The molecule has 1 aliphatic heterocycles. The van der Waals surface area contributed by atoms with Gasteiger partial charge in [0.15, 0.2) is 0 Å². The van der Waals surface area contributed by atoms with Crippen LogP contribution in [0, 0.1) is 12.8 Å². The van der Waals surface area contributed by atoms with E-state index < -0.39 is 0 Å². The normalized spacial score (nSPS) is 17.8. The molecular weight excluding hydrogens is 318 g/mol. The molecule has 1 fully saturated rings. The summed E-state index contributed by atoms with van der Waals surface area (Å²) in [7, 11) is 0. The third-order valence-corrected chi connectivity index (χ3v) is 4.36. The van der Waals surface area contributed by atoms with Gasteiger partial charge in [-0.25, -0.2) is 4.79 Å². The number of hydrogen-bond acceptors (Lipinski definition) is 4. The molecule has 2 N–H and O–H groups in total. The van der Waals surface area contributed by atoms with Crippen molar-refractivity contribution < 1.29 is 14.3 Å². The Hall–Kier alpha value is -2.60. The van der Waals surface area contributed by atoms with E-state index in [1.807, 2.05) is 32.0 Å². The number of hydrogen-bond donors (Lipinski definition) is 2. The van der Waals surface area contributed by atoms with Gasteiger partial charge in [0.05, 0.1) is 6.61 Å². The van der Waals surface area contributed by atoms with Crippen molar-refractivity contribution in [1.82, 2.24) is 10.3 Å². The molecule has 0 spiro atoms. The lowest BCUT2D eigenvalue weighted by molar-refractivity contribution is 0.178. The van der Waals surface area contributed by atoms with E-state index in [-0.39, 0.29) is 12.1 Å². The zero-order valence-corrected chi connectivity index (χ0v) is 14.5. The second kappa shape index (κ2) is 7.98. The first-order valence-corrected chi connectivity index (χ1v) is 8.45. The first kappa shape index (κ1) is 17.2. The largest absolute Gasteiger partial charge is 0.457 e. The van der Waals surface area contributed by atoms with Crippen molar-refractivity contribution in [3.8, 4) is 11.5 Å². The molecule has 6 heteroatoms.